The molecule has 2 heterocycles. The third kappa shape index (κ3) is 4.75. The minimum Gasteiger partial charge on any atom is -0.327 e. The molecule has 1 aromatic heterocycles. The monoisotopic (exact) mass is 388 g/mol. The number of rotatable bonds is 6. The number of ketones is 1. The van der Waals surface area contributed by atoms with Gasteiger partial charge in [-0.1, -0.05) is 11.8 Å². The lowest BCUT2D eigenvalue weighted by Gasteiger charge is -2.28. The van der Waals surface area contributed by atoms with E-state index < -0.39 is 0 Å². The lowest BCUT2D eigenvalue weighted by molar-refractivity contribution is -0.898. The number of aromatic nitrogens is 3. The number of anilines is 1. The molecule has 2 atom stereocenters. The van der Waals surface area contributed by atoms with Crippen LogP contribution in [0.15, 0.2) is 29.4 Å². The third-order valence-corrected chi connectivity index (χ3v) is 5.74. The summed E-state index contributed by atoms with van der Waals surface area (Å²) in [6.07, 6.45) is 4.15. The van der Waals surface area contributed by atoms with Crippen molar-refractivity contribution in [1.82, 2.24) is 14.8 Å². The third-order valence-electron chi connectivity index (χ3n) is 5.02. The van der Waals surface area contributed by atoms with Crippen LogP contribution in [0.3, 0.4) is 0 Å². The maximum Gasteiger partial charge on any atom is 0.279 e. The van der Waals surface area contributed by atoms with E-state index in [-0.39, 0.29) is 11.7 Å². The summed E-state index contributed by atoms with van der Waals surface area (Å²) >= 11 is 1.59. The van der Waals surface area contributed by atoms with E-state index in [1.807, 2.05) is 13.3 Å². The summed E-state index contributed by atoms with van der Waals surface area (Å²) in [7, 11) is 2.01. The number of piperidine rings is 1. The highest BCUT2D eigenvalue weighted by Gasteiger charge is 2.29. The topological polar surface area (TPSA) is 81.3 Å². The van der Waals surface area contributed by atoms with Gasteiger partial charge in [0.1, 0.15) is 5.82 Å². The average Bonchev–Trinajstić information content (AvgIpc) is 3.03. The molecule has 1 amide bonds. The van der Waals surface area contributed by atoms with Crippen LogP contribution in [0.4, 0.5) is 5.69 Å². The predicted octanol–water partition coefficient (Wildman–Crippen LogP) is 1.14. The normalized spacial score (nSPS) is 19.7. The molecule has 0 spiro atoms. The molecule has 0 saturated carbocycles. The Balaban J connectivity index is 1.57. The Kier molecular flexibility index (Phi) is 6.28. The molecule has 8 heteroatoms. The van der Waals surface area contributed by atoms with E-state index in [2.05, 4.69) is 20.1 Å². The lowest BCUT2D eigenvalue weighted by atomic mass is 9.97. The van der Waals surface area contributed by atoms with Gasteiger partial charge in [0.05, 0.1) is 19.0 Å². The number of Topliss-reactive ketones (excluding diaryl/α,β-unsaturated/α-hetero) is 1. The molecule has 1 aromatic carbocycles. The second-order valence-electron chi connectivity index (χ2n) is 7.01. The molecule has 1 aliphatic rings. The number of thioether (sulfide) groups is 1. The van der Waals surface area contributed by atoms with Crippen molar-refractivity contribution in [3.63, 3.8) is 0 Å². The van der Waals surface area contributed by atoms with E-state index in [4.69, 9.17) is 0 Å². The fraction of sp³-hybridized carbons (Fsp3) is 0.474. The quantitative estimate of drug-likeness (QED) is 0.573. The van der Waals surface area contributed by atoms with Crippen LogP contribution in [-0.2, 0) is 11.8 Å². The summed E-state index contributed by atoms with van der Waals surface area (Å²) in [4.78, 5) is 25.0. The molecule has 0 radical (unpaired) electrons. The number of hydrogen-bond donors (Lipinski definition) is 2. The van der Waals surface area contributed by atoms with Crippen LogP contribution >= 0.6 is 11.8 Å². The van der Waals surface area contributed by atoms with Crippen molar-refractivity contribution >= 4 is 29.1 Å². The number of quaternary nitrogens is 1. The summed E-state index contributed by atoms with van der Waals surface area (Å²) in [5.74, 6) is 1.35. The van der Waals surface area contributed by atoms with Gasteiger partial charge in [-0.3, -0.25) is 9.59 Å². The van der Waals surface area contributed by atoms with Crippen molar-refractivity contribution in [2.24, 2.45) is 7.05 Å². The molecule has 1 aliphatic heterocycles. The van der Waals surface area contributed by atoms with Crippen LogP contribution in [0.5, 0.6) is 0 Å². The van der Waals surface area contributed by atoms with Crippen LogP contribution in [0.1, 0.15) is 41.9 Å². The molecule has 144 valence electrons. The van der Waals surface area contributed by atoms with Gasteiger partial charge in [-0.25, -0.2) is 0 Å². The SMILES string of the molecule is CSc1nnc([C@@H]2CCC[NH+](CC(=O)Nc3ccc(C(C)=O)cc3)C2)n1C. The number of nitrogens with one attached hydrogen (secondary N) is 2. The smallest absolute Gasteiger partial charge is 0.279 e. The molecular weight excluding hydrogens is 362 g/mol. The molecule has 0 bridgehead atoms. The summed E-state index contributed by atoms with van der Waals surface area (Å²) in [5, 5.41) is 12.4. The Labute approximate surface area is 163 Å². The number of carbonyl (C=O) groups excluding carboxylic acids is 2. The van der Waals surface area contributed by atoms with Crippen molar-refractivity contribution in [3.8, 4) is 0 Å². The maximum atomic E-state index is 12.4. The maximum absolute atomic E-state index is 12.4. The highest BCUT2D eigenvalue weighted by Crippen LogP contribution is 2.22. The zero-order valence-corrected chi connectivity index (χ0v) is 16.8. The first-order valence-electron chi connectivity index (χ1n) is 9.15. The van der Waals surface area contributed by atoms with Crippen molar-refractivity contribution in [2.75, 3.05) is 31.2 Å². The molecule has 1 saturated heterocycles. The summed E-state index contributed by atoms with van der Waals surface area (Å²) in [6, 6.07) is 7.01. The largest absolute Gasteiger partial charge is 0.327 e. The van der Waals surface area contributed by atoms with Crippen LogP contribution in [0, 0.1) is 0 Å². The predicted molar refractivity (Wildman–Crippen MR) is 105 cm³/mol. The summed E-state index contributed by atoms with van der Waals surface area (Å²) < 4.78 is 2.06. The van der Waals surface area contributed by atoms with Crippen molar-refractivity contribution in [1.29, 1.82) is 0 Å². The summed E-state index contributed by atoms with van der Waals surface area (Å²) in [5.41, 5.74) is 1.36. The van der Waals surface area contributed by atoms with Crippen LogP contribution < -0.4 is 10.2 Å². The number of benzene rings is 1. The van der Waals surface area contributed by atoms with E-state index in [1.165, 1.54) is 11.8 Å². The Bertz CT molecular complexity index is 818. The van der Waals surface area contributed by atoms with Gasteiger partial charge in [-0.05, 0) is 50.3 Å². The highest BCUT2D eigenvalue weighted by atomic mass is 32.2. The molecule has 1 fully saturated rings. The number of amides is 1. The van der Waals surface area contributed by atoms with Gasteiger partial charge in [0.2, 0.25) is 0 Å². The van der Waals surface area contributed by atoms with Gasteiger partial charge in [0.25, 0.3) is 5.91 Å². The van der Waals surface area contributed by atoms with Crippen LogP contribution in [-0.4, -0.2) is 52.3 Å². The minimum absolute atomic E-state index is 0.0102. The van der Waals surface area contributed by atoms with Gasteiger partial charge in [0, 0.05) is 18.3 Å². The lowest BCUT2D eigenvalue weighted by Crippen LogP contribution is -3.14. The molecule has 1 unspecified atom stereocenters. The molecule has 2 aromatic rings. The number of hydrogen-bond acceptors (Lipinski definition) is 5. The second kappa shape index (κ2) is 8.67. The fourth-order valence-corrected chi connectivity index (χ4v) is 4.10. The number of nitrogens with zero attached hydrogens (tertiary/aromatic N) is 3. The van der Waals surface area contributed by atoms with Crippen molar-refractivity contribution < 1.29 is 14.5 Å². The zero-order valence-electron chi connectivity index (χ0n) is 16.0. The molecule has 7 nitrogen and oxygen atoms in total. The number of likely N-dealkylation sites (tertiary alicyclic amines) is 1. The minimum atomic E-state index is -0.0102. The first-order chi connectivity index (χ1) is 13.0. The fourth-order valence-electron chi connectivity index (χ4n) is 3.61. The Morgan fingerprint density at radius 2 is 2.04 bits per heavy atom. The van der Waals surface area contributed by atoms with Crippen LogP contribution in [0.2, 0.25) is 0 Å². The molecule has 3 rings (SSSR count). The Hall–Kier alpha value is -2.19. The number of carbonyl (C=O) groups is 2. The molecule has 2 N–H and O–H groups in total. The van der Waals surface area contributed by atoms with E-state index in [9.17, 15) is 9.59 Å². The molecule has 0 aliphatic carbocycles. The molecule has 27 heavy (non-hydrogen) atoms. The van der Waals surface area contributed by atoms with E-state index >= 15 is 0 Å². The van der Waals surface area contributed by atoms with E-state index in [0.29, 0.717) is 18.0 Å². The van der Waals surface area contributed by atoms with Gasteiger partial charge in [-0.15, -0.1) is 10.2 Å². The average molecular weight is 389 g/mol. The first kappa shape index (κ1) is 19.6. The Morgan fingerprint density at radius 3 is 2.67 bits per heavy atom. The van der Waals surface area contributed by atoms with Gasteiger partial charge in [-0.2, -0.15) is 0 Å². The van der Waals surface area contributed by atoms with Gasteiger partial charge in [0.15, 0.2) is 17.5 Å². The summed E-state index contributed by atoms with van der Waals surface area (Å²) in [6.45, 7) is 3.83. The molecular formula is C19H26N5O2S+. The standard InChI is InChI=1S/C19H25N5O2S/c1-13(25)14-6-8-16(9-7-14)20-17(26)12-24-10-4-5-15(11-24)18-21-22-19(27-3)23(18)2/h6-9,15H,4-5,10-12H2,1-3H3,(H,20,26)/p+1/t15-/m1/s1. The van der Waals surface area contributed by atoms with Crippen molar-refractivity contribution in [3.05, 3.63) is 35.7 Å². The van der Waals surface area contributed by atoms with E-state index in [0.717, 1.165) is 42.6 Å². The van der Waals surface area contributed by atoms with E-state index in [1.54, 1.807) is 36.0 Å². The highest BCUT2D eigenvalue weighted by molar-refractivity contribution is 7.98. The van der Waals surface area contributed by atoms with Gasteiger partial charge < -0.3 is 14.8 Å². The zero-order chi connectivity index (χ0) is 19.4. The van der Waals surface area contributed by atoms with Crippen molar-refractivity contribution in [2.45, 2.75) is 30.8 Å². The Morgan fingerprint density at radius 1 is 1.30 bits per heavy atom. The van der Waals surface area contributed by atoms with Crippen LogP contribution in [0.25, 0.3) is 0 Å². The first-order valence-corrected chi connectivity index (χ1v) is 10.4. The van der Waals surface area contributed by atoms with Gasteiger partial charge >= 0.3 is 0 Å². The second-order valence-corrected chi connectivity index (χ2v) is 7.78.